The predicted octanol–water partition coefficient (Wildman–Crippen LogP) is 6.56. The lowest BCUT2D eigenvalue weighted by Crippen LogP contribution is -2.30. The summed E-state index contributed by atoms with van der Waals surface area (Å²) in [6.45, 7) is -0.577. The first kappa shape index (κ1) is 31.6. The van der Waals surface area contributed by atoms with Crippen LogP contribution in [-0.4, -0.2) is 22.5 Å². The Bertz CT molecular complexity index is 1500. The van der Waals surface area contributed by atoms with Crippen LogP contribution in [0.5, 0.6) is 0 Å². The quantitative estimate of drug-likeness (QED) is 0.163. The summed E-state index contributed by atoms with van der Waals surface area (Å²) >= 11 is 2.88. The Hall–Kier alpha value is -1.93. The maximum atomic E-state index is 14.2. The number of halogens is 5. The number of rotatable bonds is 12. The molecule has 0 aliphatic heterocycles. The van der Waals surface area contributed by atoms with Gasteiger partial charge in [0.15, 0.2) is 0 Å². The van der Waals surface area contributed by atoms with E-state index in [1.54, 1.807) is 6.07 Å². The highest BCUT2D eigenvalue weighted by Gasteiger charge is 2.51. The standard InChI is InChI=1S/C22H20BrF4NO8P2S/c23-21-12-18(10-11-20(21)22(24,25)38(30,31)32)14-28(39(33,34)19-4-2-1-3-5-19)13-16-6-8-17(9-7-16)15-37(29,35-26)36-27/h1-12H,13-15H2,(H2,30,31,32). The second-order valence-corrected chi connectivity index (χ2v) is 14.5. The molecule has 17 heteroatoms. The van der Waals surface area contributed by atoms with Crippen LogP contribution >= 0.6 is 31.1 Å². The van der Waals surface area contributed by atoms with Gasteiger partial charge in [0, 0.05) is 23.1 Å². The number of alkyl halides is 2. The summed E-state index contributed by atoms with van der Waals surface area (Å²) in [5.74, 6) is 0. The van der Waals surface area contributed by atoms with Gasteiger partial charge in [0.25, 0.3) is 0 Å². The zero-order chi connectivity index (χ0) is 29.1. The van der Waals surface area contributed by atoms with Crippen LogP contribution in [0.15, 0.2) is 82.2 Å². The van der Waals surface area contributed by atoms with Gasteiger partial charge in [-0.15, -0.1) is 9.46 Å². The average Bonchev–Trinajstić information content (AvgIpc) is 2.89. The van der Waals surface area contributed by atoms with Crippen LogP contribution in [0.2, 0.25) is 0 Å². The molecule has 0 radical (unpaired) electrons. The Morgan fingerprint density at radius 2 is 1.36 bits per heavy atom. The average molecular weight is 676 g/mol. The zero-order valence-electron chi connectivity index (χ0n) is 19.5. The fourth-order valence-corrected chi connectivity index (χ4v) is 7.02. The molecule has 212 valence electrons. The maximum Gasteiger partial charge on any atom is 0.399 e. The molecule has 0 aliphatic rings. The van der Waals surface area contributed by atoms with Gasteiger partial charge in [-0.25, -0.2) is 8.42 Å². The lowest BCUT2D eigenvalue weighted by atomic mass is 10.1. The number of hydrogen-bond donors (Lipinski definition) is 2. The maximum absolute atomic E-state index is 14.2. The first-order chi connectivity index (χ1) is 18.1. The summed E-state index contributed by atoms with van der Waals surface area (Å²) < 4.78 is 110. The molecule has 0 fully saturated rings. The molecule has 0 spiro atoms. The Kier molecular flexibility index (Phi) is 9.96. The van der Waals surface area contributed by atoms with Crippen molar-refractivity contribution in [2.45, 2.75) is 29.8 Å². The molecular formula is C22H20BrF4NO8P2S. The van der Waals surface area contributed by atoms with Crippen LogP contribution < -0.4 is 0 Å². The fourth-order valence-electron chi connectivity index (χ4n) is 3.47. The van der Waals surface area contributed by atoms with Crippen LogP contribution in [0.3, 0.4) is 0 Å². The number of hydrogen-bond acceptors (Lipinski definition) is 6. The van der Waals surface area contributed by atoms with E-state index in [2.05, 4.69) is 25.4 Å². The lowest BCUT2D eigenvalue weighted by Gasteiger charge is -2.24. The van der Waals surface area contributed by atoms with E-state index in [0.717, 1.165) is 22.5 Å². The number of sulfonamides is 1. The summed E-state index contributed by atoms with van der Waals surface area (Å²) in [7, 11) is -14.6. The molecule has 0 atom stereocenters. The second kappa shape index (κ2) is 12.3. The molecule has 3 aromatic carbocycles. The van der Waals surface area contributed by atoms with Gasteiger partial charge in [0.2, 0.25) is 10.0 Å². The molecule has 3 rings (SSSR count). The van der Waals surface area contributed by atoms with E-state index < -0.39 is 42.6 Å². The van der Waals surface area contributed by atoms with Gasteiger partial charge >= 0.3 is 20.9 Å². The largest absolute Gasteiger partial charge is 0.399 e. The molecule has 0 amide bonds. The number of nitrogens with zero attached hydrogens (tertiary/aromatic N) is 1. The molecule has 0 aromatic heterocycles. The van der Waals surface area contributed by atoms with Crippen LogP contribution in [-0.2, 0) is 53.5 Å². The Balaban J connectivity index is 1.95. The molecule has 0 bridgehead atoms. The van der Waals surface area contributed by atoms with Crippen molar-refractivity contribution < 1.29 is 54.6 Å². The van der Waals surface area contributed by atoms with Gasteiger partial charge in [-0.05, 0) is 43.9 Å². The molecule has 0 heterocycles. The summed E-state index contributed by atoms with van der Waals surface area (Å²) in [6, 6.07) is 15.9. The highest BCUT2D eigenvalue weighted by atomic mass is 79.9. The van der Waals surface area contributed by atoms with E-state index in [9.17, 15) is 35.4 Å². The molecular weight excluding hydrogens is 656 g/mol. The van der Waals surface area contributed by atoms with Gasteiger partial charge in [0.1, 0.15) is 0 Å². The SMILES string of the molecule is O=P(Cc1ccc(CN(Cc2ccc(C(F)(F)P(=O)(O)O)c(Br)c2)S(=O)(=O)c2ccccc2)cc1)(OF)OF. The Labute approximate surface area is 229 Å². The third-order valence-electron chi connectivity index (χ3n) is 5.43. The van der Waals surface area contributed by atoms with Crippen molar-refractivity contribution in [3.8, 4) is 0 Å². The van der Waals surface area contributed by atoms with Gasteiger partial charge in [-0.2, -0.15) is 13.1 Å². The van der Waals surface area contributed by atoms with Crippen LogP contribution in [0.25, 0.3) is 0 Å². The third kappa shape index (κ3) is 7.43. The van der Waals surface area contributed by atoms with Gasteiger partial charge in [0.05, 0.1) is 11.1 Å². The molecule has 0 unspecified atom stereocenters. The fraction of sp³-hybridized carbons (Fsp3) is 0.182. The minimum Gasteiger partial charge on any atom is -0.320 e. The first-order valence-electron chi connectivity index (χ1n) is 10.7. The highest BCUT2D eigenvalue weighted by Crippen LogP contribution is 2.60. The molecule has 9 nitrogen and oxygen atoms in total. The van der Waals surface area contributed by atoms with Crippen LogP contribution in [0.1, 0.15) is 22.3 Å². The molecule has 2 N–H and O–H groups in total. The van der Waals surface area contributed by atoms with E-state index in [-0.39, 0.29) is 33.6 Å². The third-order valence-corrected chi connectivity index (χ3v) is 10.0. The first-order valence-corrected chi connectivity index (χ1v) is 16.3. The summed E-state index contributed by atoms with van der Waals surface area (Å²) in [5, 5.41) is 0. The zero-order valence-corrected chi connectivity index (χ0v) is 23.7. The van der Waals surface area contributed by atoms with Crippen molar-refractivity contribution in [2.75, 3.05) is 0 Å². The van der Waals surface area contributed by atoms with Gasteiger partial charge < -0.3 is 9.79 Å². The Morgan fingerprint density at radius 1 is 0.846 bits per heavy atom. The lowest BCUT2D eigenvalue weighted by molar-refractivity contribution is -0.0881. The van der Waals surface area contributed by atoms with Gasteiger partial charge in [-0.1, -0.05) is 70.5 Å². The monoisotopic (exact) mass is 675 g/mol. The van der Waals surface area contributed by atoms with Crippen LogP contribution in [0, 0.1) is 0 Å². The van der Waals surface area contributed by atoms with Crippen molar-refractivity contribution in [3.63, 3.8) is 0 Å². The van der Waals surface area contributed by atoms with Crippen molar-refractivity contribution in [1.29, 1.82) is 0 Å². The summed E-state index contributed by atoms with van der Waals surface area (Å²) in [4.78, 5) is 18.0. The minimum atomic E-state index is -5.84. The second-order valence-electron chi connectivity index (χ2n) is 8.21. The molecule has 0 aliphatic carbocycles. The van der Waals surface area contributed by atoms with E-state index in [0.29, 0.717) is 5.56 Å². The predicted molar refractivity (Wildman–Crippen MR) is 135 cm³/mol. The van der Waals surface area contributed by atoms with Crippen LogP contribution in [0.4, 0.5) is 17.8 Å². The highest BCUT2D eigenvalue weighted by molar-refractivity contribution is 9.10. The van der Waals surface area contributed by atoms with E-state index >= 15 is 0 Å². The van der Waals surface area contributed by atoms with Gasteiger partial charge in [-0.3, -0.25) is 9.13 Å². The number of benzene rings is 3. The Morgan fingerprint density at radius 3 is 1.87 bits per heavy atom. The van der Waals surface area contributed by atoms with E-state index in [1.165, 1.54) is 48.5 Å². The van der Waals surface area contributed by atoms with Crippen molar-refractivity contribution in [1.82, 2.24) is 4.31 Å². The normalized spacial score (nSPS) is 13.1. The topological polar surface area (TPSA) is 130 Å². The molecule has 3 aromatic rings. The van der Waals surface area contributed by atoms with Crippen molar-refractivity contribution >= 4 is 41.1 Å². The molecule has 39 heavy (non-hydrogen) atoms. The minimum absolute atomic E-state index is 0.0635. The van der Waals surface area contributed by atoms with Crippen molar-refractivity contribution in [2.24, 2.45) is 0 Å². The summed E-state index contributed by atoms with van der Waals surface area (Å²) in [6.07, 6.45) is -0.730. The molecule has 0 saturated heterocycles. The van der Waals surface area contributed by atoms with E-state index in [4.69, 9.17) is 9.79 Å². The van der Waals surface area contributed by atoms with E-state index in [1.807, 2.05) is 0 Å². The van der Waals surface area contributed by atoms with Crippen molar-refractivity contribution in [3.05, 3.63) is 99.5 Å². The smallest absolute Gasteiger partial charge is 0.320 e. The molecule has 0 saturated carbocycles. The summed E-state index contributed by atoms with van der Waals surface area (Å²) in [5.41, 5.74) is -4.67.